The SMILES string of the molecule is CCCCCC1CCC(c2ccc(NC(=O)N3C[C@H](C)O[C@@H](C)C3)cc2)CC1. The maximum absolute atomic E-state index is 12.5. The third-order valence-electron chi connectivity index (χ3n) is 6.40. The Kier molecular flexibility index (Phi) is 7.78. The number of carbonyl (C=O) groups is 1. The zero-order valence-corrected chi connectivity index (χ0v) is 18.0. The van der Waals surface area contributed by atoms with Gasteiger partial charge in [-0.3, -0.25) is 0 Å². The standard InChI is InChI=1S/C24H38N2O2/c1-4-5-6-7-20-8-10-21(11-9-20)22-12-14-23(15-13-22)25-24(27)26-16-18(2)28-19(3)17-26/h12-15,18-21H,4-11,16-17H2,1-3H3,(H,25,27)/t18-,19-,20?,21?/m0/s1. The Morgan fingerprint density at radius 3 is 2.29 bits per heavy atom. The Balaban J connectivity index is 1.47. The molecule has 1 heterocycles. The van der Waals surface area contributed by atoms with Gasteiger partial charge in [0.25, 0.3) is 0 Å². The minimum atomic E-state index is -0.0256. The molecule has 1 aromatic carbocycles. The summed E-state index contributed by atoms with van der Waals surface area (Å²) in [5.74, 6) is 1.63. The first-order chi connectivity index (χ1) is 13.5. The average Bonchev–Trinajstić information content (AvgIpc) is 2.69. The molecule has 2 aliphatic rings. The molecule has 156 valence electrons. The van der Waals surface area contributed by atoms with Crippen LogP contribution in [-0.2, 0) is 4.74 Å². The topological polar surface area (TPSA) is 41.6 Å². The molecule has 1 aliphatic carbocycles. The molecule has 1 aliphatic heterocycles. The smallest absolute Gasteiger partial charge is 0.322 e. The van der Waals surface area contributed by atoms with Gasteiger partial charge in [-0.15, -0.1) is 0 Å². The van der Waals surface area contributed by atoms with Crippen LogP contribution in [0.15, 0.2) is 24.3 Å². The second kappa shape index (κ2) is 10.3. The van der Waals surface area contributed by atoms with Crippen molar-refractivity contribution in [1.82, 2.24) is 4.90 Å². The van der Waals surface area contributed by atoms with Crippen LogP contribution in [0.4, 0.5) is 10.5 Å². The van der Waals surface area contributed by atoms with Crippen LogP contribution in [0.3, 0.4) is 0 Å². The van der Waals surface area contributed by atoms with Gasteiger partial charge in [0.15, 0.2) is 0 Å². The summed E-state index contributed by atoms with van der Waals surface area (Å²) in [4.78, 5) is 14.4. The Morgan fingerprint density at radius 2 is 1.68 bits per heavy atom. The molecule has 0 unspecified atom stereocenters. The Labute approximate surface area is 171 Å². The first kappa shape index (κ1) is 21.2. The second-order valence-corrected chi connectivity index (χ2v) is 8.93. The number of rotatable bonds is 6. The molecular weight excluding hydrogens is 348 g/mol. The fourth-order valence-electron chi connectivity index (χ4n) is 4.85. The molecule has 0 bridgehead atoms. The third kappa shape index (κ3) is 5.97. The van der Waals surface area contributed by atoms with Crippen molar-refractivity contribution in [2.24, 2.45) is 5.92 Å². The minimum absolute atomic E-state index is 0.0256. The van der Waals surface area contributed by atoms with Crippen molar-refractivity contribution in [3.05, 3.63) is 29.8 Å². The summed E-state index contributed by atoms with van der Waals surface area (Å²) in [5.41, 5.74) is 2.31. The van der Waals surface area contributed by atoms with E-state index < -0.39 is 0 Å². The Hall–Kier alpha value is -1.55. The highest BCUT2D eigenvalue weighted by Crippen LogP contribution is 2.38. The molecule has 2 amide bonds. The number of anilines is 1. The lowest BCUT2D eigenvalue weighted by molar-refractivity contribution is -0.0530. The van der Waals surface area contributed by atoms with Gasteiger partial charge in [-0.05, 0) is 69.1 Å². The van der Waals surface area contributed by atoms with Gasteiger partial charge in [0, 0.05) is 18.8 Å². The van der Waals surface area contributed by atoms with Gasteiger partial charge in [-0.25, -0.2) is 4.79 Å². The summed E-state index contributed by atoms with van der Waals surface area (Å²) in [6, 6.07) is 8.52. The van der Waals surface area contributed by atoms with E-state index in [9.17, 15) is 4.79 Å². The number of nitrogens with zero attached hydrogens (tertiary/aromatic N) is 1. The van der Waals surface area contributed by atoms with E-state index >= 15 is 0 Å². The molecule has 0 spiro atoms. The van der Waals surface area contributed by atoms with Crippen LogP contribution >= 0.6 is 0 Å². The predicted molar refractivity (Wildman–Crippen MR) is 116 cm³/mol. The van der Waals surface area contributed by atoms with Crippen LogP contribution in [0.2, 0.25) is 0 Å². The van der Waals surface area contributed by atoms with Crippen LogP contribution in [-0.4, -0.2) is 36.2 Å². The van der Waals surface area contributed by atoms with Crippen LogP contribution in [0, 0.1) is 5.92 Å². The molecule has 28 heavy (non-hydrogen) atoms. The molecule has 1 aromatic rings. The maximum atomic E-state index is 12.5. The van der Waals surface area contributed by atoms with Gasteiger partial charge in [0.1, 0.15) is 0 Å². The molecule has 1 saturated carbocycles. The fourth-order valence-corrected chi connectivity index (χ4v) is 4.85. The van der Waals surface area contributed by atoms with E-state index in [2.05, 4.69) is 36.5 Å². The second-order valence-electron chi connectivity index (χ2n) is 8.93. The monoisotopic (exact) mass is 386 g/mol. The van der Waals surface area contributed by atoms with Crippen LogP contribution in [0.25, 0.3) is 0 Å². The van der Waals surface area contributed by atoms with Gasteiger partial charge in [-0.2, -0.15) is 0 Å². The summed E-state index contributed by atoms with van der Waals surface area (Å²) in [6.45, 7) is 7.61. The normalized spacial score (nSPS) is 28.2. The molecule has 4 nitrogen and oxygen atoms in total. The van der Waals surface area contributed by atoms with Crippen LogP contribution in [0.1, 0.15) is 83.6 Å². The highest BCUT2D eigenvalue weighted by molar-refractivity contribution is 5.89. The average molecular weight is 387 g/mol. The lowest BCUT2D eigenvalue weighted by Crippen LogP contribution is -2.49. The largest absolute Gasteiger partial charge is 0.372 e. The van der Waals surface area contributed by atoms with E-state index in [0.29, 0.717) is 19.0 Å². The number of nitrogens with one attached hydrogen (secondary N) is 1. The van der Waals surface area contributed by atoms with Crippen molar-refractivity contribution in [1.29, 1.82) is 0 Å². The number of benzene rings is 1. The molecule has 3 rings (SSSR count). The number of morpholine rings is 1. The number of amides is 2. The van der Waals surface area contributed by atoms with Gasteiger partial charge in [0.05, 0.1) is 12.2 Å². The third-order valence-corrected chi connectivity index (χ3v) is 6.40. The summed E-state index contributed by atoms with van der Waals surface area (Å²) >= 11 is 0. The summed E-state index contributed by atoms with van der Waals surface area (Å²) < 4.78 is 5.71. The number of carbonyl (C=O) groups excluding carboxylic acids is 1. The van der Waals surface area contributed by atoms with Crippen molar-refractivity contribution < 1.29 is 9.53 Å². The van der Waals surface area contributed by atoms with Gasteiger partial charge in [0.2, 0.25) is 0 Å². The zero-order chi connectivity index (χ0) is 19.9. The van der Waals surface area contributed by atoms with Crippen LogP contribution < -0.4 is 5.32 Å². The highest BCUT2D eigenvalue weighted by Gasteiger charge is 2.26. The van der Waals surface area contributed by atoms with E-state index in [1.807, 2.05) is 18.7 Å². The molecule has 2 atom stereocenters. The van der Waals surface area contributed by atoms with Gasteiger partial charge in [-0.1, -0.05) is 44.7 Å². The van der Waals surface area contributed by atoms with E-state index in [4.69, 9.17) is 4.74 Å². The fraction of sp³-hybridized carbons (Fsp3) is 0.708. The molecule has 0 aromatic heterocycles. The Morgan fingerprint density at radius 1 is 1.04 bits per heavy atom. The summed E-state index contributed by atoms with van der Waals surface area (Å²) in [5, 5.41) is 3.05. The van der Waals surface area contributed by atoms with Gasteiger partial charge >= 0.3 is 6.03 Å². The summed E-state index contributed by atoms with van der Waals surface area (Å²) in [6.07, 6.45) is 11.1. The minimum Gasteiger partial charge on any atom is -0.372 e. The molecule has 1 N–H and O–H groups in total. The predicted octanol–water partition coefficient (Wildman–Crippen LogP) is 6.18. The van der Waals surface area contributed by atoms with E-state index in [0.717, 1.165) is 11.6 Å². The lowest BCUT2D eigenvalue weighted by atomic mass is 9.77. The molecule has 4 heteroatoms. The number of hydrogen-bond donors (Lipinski definition) is 1. The number of unbranched alkanes of at least 4 members (excludes halogenated alkanes) is 2. The van der Waals surface area contributed by atoms with Gasteiger partial charge < -0.3 is 15.0 Å². The van der Waals surface area contributed by atoms with E-state index in [1.165, 1.54) is 56.9 Å². The lowest BCUT2D eigenvalue weighted by Gasteiger charge is -2.35. The molecule has 2 fully saturated rings. The van der Waals surface area contributed by atoms with E-state index in [1.54, 1.807) is 0 Å². The number of ether oxygens (including phenoxy) is 1. The quantitative estimate of drug-likeness (QED) is 0.593. The molecular formula is C24H38N2O2. The zero-order valence-electron chi connectivity index (χ0n) is 18.0. The van der Waals surface area contributed by atoms with Crippen molar-refractivity contribution in [2.45, 2.75) is 90.3 Å². The Bertz CT molecular complexity index is 598. The maximum Gasteiger partial charge on any atom is 0.322 e. The highest BCUT2D eigenvalue weighted by atomic mass is 16.5. The van der Waals surface area contributed by atoms with E-state index in [-0.39, 0.29) is 18.2 Å². The van der Waals surface area contributed by atoms with Crippen LogP contribution in [0.5, 0.6) is 0 Å². The number of hydrogen-bond acceptors (Lipinski definition) is 2. The molecule has 1 saturated heterocycles. The summed E-state index contributed by atoms with van der Waals surface area (Å²) in [7, 11) is 0. The van der Waals surface area contributed by atoms with Crippen molar-refractivity contribution in [3.63, 3.8) is 0 Å². The first-order valence-electron chi connectivity index (χ1n) is 11.4. The first-order valence-corrected chi connectivity index (χ1v) is 11.4. The van der Waals surface area contributed by atoms with Crippen molar-refractivity contribution in [2.75, 3.05) is 18.4 Å². The van der Waals surface area contributed by atoms with Crippen molar-refractivity contribution >= 4 is 11.7 Å². The number of urea groups is 1. The molecule has 0 radical (unpaired) electrons. The van der Waals surface area contributed by atoms with Crippen molar-refractivity contribution in [3.8, 4) is 0 Å².